The van der Waals surface area contributed by atoms with Crippen LogP contribution in [0.15, 0.2) is 42.0 Å². The highest BCUT2D eigenvalue weighted by atomic mass is 16.6. The Morgan fingerprint density at radius 1 is 1.26 bits per heavy atom. The Hall–Kier alpha value is -1.94. The number of ether oxygens (including phenoxy) is 2. The average Bonchev–Trinajstić information content (AvgIpc) is 2.56. The highest BCUT2D eigenvalue weighted by Gasteiger charge is 2.42. The van der Waals surface area contributed by atoms with Crippen molar-refractivity contribution in [2.75, 3.05) is 0 Å². The molecule has 124 valence electrons. The summed E-state index contributed by atoms with van der Waals surface area (Å²) in [6.07, 6.45) is 1.18. The number of Topliss-reactive ketones (excluding diaryl/α,β-unsaturated/α-hetero) is 1. The normalized spacial score (nSPS) is 23.8. The van der Waals surface area contributed by atoms with Gasteiger partial charge in [-0.15, -0.1) is 0 Å². The first-order valence-electron chi connectivity index (χ1n) is 7.84. The standard InChI is InChI=1S/C19H24O4/c1-13-10-17(22-12-15-8-6-5-7-9-15)18(23-14(2)20)19(3,4)11-16(13)21/h5-10,17-18H,11-12H2,1-4H3. The second-order valence-corrected chi connectivity index (χ2v) is 6.73. The van der Waals surface area contributed by atoms with E-state index in [0.717, 1.165) is 5.56 Å². The van der Waals surface area contributed by atoms with Crippen molar-refractivity contribution in [2.45, 2.75) is 52.9 Å². The molecular weight excluding hydrogens is 292 g/mol. The molecule has 2 rings (SSSR count). The molecule has 0 heterocycles. The van der Waals surface area contributed by atoms with Crippen LogP contribution in [0, 0.1) is 5.41 Å². The maximum absolute atomic E-state index is 12.2. The van der Waals surface area contributed by atoms with E-state index in [1.54, 1.807) is 13.0 Å². The van der Waals surface area contributed by atoms with Crippen molar-refractivity contribution in [1.82, 2.24) is 0 Å². The van der Waals surface area contributed by atoms with Gasteiger partial charge in [-0.3, -0.25) is 9.59 Å². The first-order valence-corrected chi connectivity index (χ1v) is 7.84. The fourth-order valence-corrected chi connectivity index (χ4v) is 2.83. The molecule has 0 fully saturated rings. The third-order valence-electron chi connectivity index (χ3n) is 4.12. The van der Waals surface area contributed by atoms with Crippen LogP contribution in [0.3, 0.4) is 0 Å². The van der Waals surface area contributed by atoms with Crippen LogP contribution in [0.25, 0.3) is 0 Å². The summed E-state index contributed by atoms with van der Waals surface area (Å²) >= 11 is 0. The third-order valence-corrected chi connectivity index (χ3v) is 4.12. The number of allylic oxidation sites excluding steroid dienone is 1. The van der Waals surface area contributed by atoms with Crippen LogP contribution < -0.4 is 0 Å². The van der Waals surface area contributed by atoms with Gasteiger partial charge in [0, 0.05) is 18.8 Å². The Kier molecular flexibility index (Phi) is 5.37. The van der Waals surface area contributed by atoms with Gasteiger partial charge in [0.1, 0.15) is 12.2 Å². The van der Waals surface area contributed by atoms with Crippen LogP contribution in [0.2, 0.25) is 0 Å². The van der Waals surface area contributed by atoms with E-state index < -0.39 is 17.6 Å². The second kappa shape index (κ2) is 7.09. The summed E-state index contributed by atoms with van der Waals surface area (Å²) in [5, 5.41) is 0. The van der Waals surface area contributed by atoms with Gasteiger partial charge in [-0.1, -0.05) is 44.2 Å². The number of hydrogen-bond acceptors (Lipinski definition) is 4. The van der Waals surface area contributed by atoms with Gasteiger partial charge in [0.25, 0.3) is 0 Å². The Morgan fingerprint density at radius 2 is 1.91 bits per heavy atom. The lowest BCUT2D eigenvalue weighted by atomic mass is 9.80. The fourth-order valence-electron chi connectivity index (χ4n) is 2.83. The molecule has 2 atom stereocenters. The molecule has 0 aliphatic heterocycles. The zero-order valence-corrected chi connectivity index (χ0v) is 14.2. The van der Waals surface area contributed by atoms with Crippen molar-refractivity contribution in [3.8, 4) is 0 Å². The lowest BCUT2D eigenvalue weighted by Crippen LogP contribution is -2.43. The van der Waals surface area contributed by atoms with E-state index >= 15 is 0 Å². The van der Waals surface area contributed by atoms with Gasteiger partial charge in [-0.25, -0.2) is 0 Å². The largest absolute Gasteiger partial charge is 0.459 e. The highest BCUT2D eigenvalue weighted by molar-refractivity contribution is 5.95. The molecule has 4 heteroatoms. The average molecular weight is 316 g/mol. The quantitative estimate of drug-likeness (QED) is 0.798. The SMILES string of the molecule is CC(=O)OC1C(OCc2ccccc2)C=C(C)C(=O)CC1(C)C. The number of carbonyl (C=O) groups excluding carboxylic acids is 2. The summed E-state index contributed by atoms with van der Waals surface area (Å²) in [6, 6.07) is 9.80. The Bertz CT molecular complexity index is 601. The first kappa shape index (κ1) is 17.4. The Labute approximate surface area is 137 Å². The van der Waals surface area contributed by atoms with Crippen LogP contribution >= 0.6 is 0 Å². The van der Waals surface area contributed by atoms with Gasteiger partial charge < -0.3 is 9.47 Å². The zero-order chi connectivity index (χ0) is 17.0. The molecule has 0 bridgehead atoms. The number of benzene rings is 1. The number of esters is 1. The molecule has 1 aliphatic carbocycles. The van der Waals surface area contributed by atoms with E-state index in [9.17, 15) is 9.59 Å². The van der Waals surface area contributed by atoms with Gasteiger partial charge in [0.15, 0.2) is 5.78 Å². The van der Waals surface area contributed by atoms with E-state index in [1.807, 2.05) is 44.2 Å². The van der Waals surface area contributed by atoms with Crippen molar-refractivity contribution in [2.24, 2.45) is 5.41 Å². The number of ketones is 1. The van der Waals surface area contributed by atoms with Crippen LogP contribution in [0.5, 0.6) is 0 Å². The van der Waals surface area contributed by atoms with Gasteiger partial charge in [0.2, 0.25) is 0 Å². The van der Waals surface area contributed by atoms with E-state index in [-0.39, 0.29) is 11.8 Å². The molecule has 1 aromatic carbocycles. The molecule has 0 saturated carbocycles. The summed E-state index contributed by atoms with van der Waals surface area (Å²) in [5.74, 6) is -0.297. The predicted octanol–water partition coefficient (Wildman–Crippen LogP) is 3.45. The fraction of sp³-hybridized carbons (Fsp3) is 0.474. The third kappa shape index (κ3) is 4.52. The van der Waals surface area contributed by atoms with Crippen molar-refractivity contribution in [3.63, 3.8) is 0 Å². The predicted molar refractivity (Wildman–Crippen MR) is 87.7 cm³/mol. The Balaban J connectivity index is 2.25. The summed E-state index contributed by atoms with van der Waals surface area (Å²) in [7, 11) is 0. The van der Waals surface area contributed by atoms with Gasteiger partial charge in [0.05, 0.1) is 6.61 Å². The molecule has 0 aromatic heterocycles. The Morgan fingerprint density at radius 3 is 2.52 bits per heavy atom. The van der Waals surface area contributed by atoms with Crippen molar-refractivity contribution < 1.29 is 19.1 Å². The van der Waals surface area contributed by atoms with Crippen molar-refractivity contribution in [3.05, 3.63) is 47.5 Å². The number of carbonyl (C=O) groups is 2. The van der Waals surface area contributed by atoms with Crippen molar-refractivity contribution in [1.29, 1.82) is 0 Å². The molecule has 4 nitrogen and oxygen atoms in total. The molecule has 23 heavy (non-hydrogen) atoms. The lowest BCUT2D eigenvalue weighted by Gasteiger charge is -2.35. The van der Waals surface area contributed by atoms with Gasteiger partial charge in [-0.05, 0) is 24.1 Å². The van der Waals surface area contributed by atoms with Crippen LogP contribution in [-0.4, -0.2) is 24.0 Å². The second-order valence-electron chi connectivity index (χ2n) is 6.73. The maximum Gasteiger partial charge on any atom is 0.303 e. The number of rotatable bonds is 4. The molecule has 0 radical (unpaired) electrons. The van der Waals surface area contributed by atoms with Gasteiger partial charge >= 0.3 is 5.97 Å². The monoisotopic (exact) mass is 316 g/mol. The molecule has 0 N–H and O–H groups in total. The molecule has 2 unspecified atom stereocenters. The van der Waals surface area contributed by atoms with Gasteiger partial charge in [-0.2, -0.15) is 0 Å². The zero-order valence-electron chi connectivity index (χ0n) is 14.2. The van der Waals surface area contributed by atoms with Crippen molar-refractivity contribution >= 4 is 11.8 Å². The summed E-state index contributed by atoms with van der Waals surface area (Å²) in [5.41, 5.74) is 1.21. The molecule has 1 aromatic rings. The van der Waals surface area contributed by atoms with Crippen LogP contribution in [0.1, 0.15) is 39.7 Å². The maximum atomic E-state index is 12.2. The topological polar surface area (TPSA) is 52.6 Å². The van der Waals surface area contributed by atoms with Crippen LogP contribution in [0.4, 0.5) is 0 Å². The molecule has 0 amide bonds. The minimum atomic E-state index is -0.495. The first-order chi connectivity index (χ1) is 10.8. The smallest absolute Gasteiger partial charge is 0.303 e. The highest BCUT2D eigenvalue weighted by Crippen LogP contribution is 2.36. The van der Waals surface area contributed by atoms with E-state index in [2.05, 4.69) is 0 Å². The minimum absolute atomic E-state index is 0.0676. The summed E-state index contributed by atoms with van der Waals surface area (Å²) in [6.45, 7) is 7.44. The van der Waals surface area contributed by atoms with E-state index in [4.69, 9.17) is 9.47 Å². The van der Waals surface area contributed by atoms with E-state index in [1.165, 1.54) is 6.92 Å². The molecular formula is C19H24O4. The number of hydrogen-bond donors (Lipinski definition) is 0. The molecule has 1 aliphatic rings. The van der Waals surface area contributed by atoms with E-state index in [0.29, 0.717) is 18.6 Å². The minimum Gasteiger partial charge on any atom is -0.459 e. The van der Waals surface area contributed by atoms with Crippen LogP contribution in [-0.2, 0) is 25.7 Å². The summed E-state index contributed by atoms with van der Waals surface area (Å²) < 4.78 is 11.5. The summed E-state index contributed by atoms with van der Waals surface area (Å²) in [4.78, 5) is 23.7. The lowest BCUT2D eigenvalue weighted by molar-refractivity contribution is -0.164. The molecule has 0 spiro atoms. The molecule has 0 saturated heterocycles.